The average molecular weight is 562 g/mol. The molecular weight excluding hydrogens is 539 g/mol. The molecule has 0 aliphatic heterocycles. The third-order valence-electron chi connectivity index (χ3n) is 6.81. The molecule has 1 aliphatic rings. The zero-order chi connectivity index (χ0) is 27.7. The highest BCUT2D eigenvalue weighted by atomic mass is 32.1. The van der Waals surface area contributed by atoms with E-state index in [-0.39, 0.29) is 17.9 Å². The number of H-pyrrole nitrogens is 1. The number of amides is 1. The summed E-state index contributed by atoms with van der Waals surface area (Å²) in [6.07, 6.45) is -1.16. The monoisotopic (exact) mass is 561 g/mol. The second-order valence-corrected chi connectivity index (χ2v) is 10.2. The number of halogens is 3. The van der Waals surface area contributed by atoms with Crippen molar-refractivity contribution in [2.24, 2.45) is 0 Å². The zero-order valence-corrected chi connectivity index (χ0v) is 21.7. The summed E-state index contributed by atoms with van der Waals surface area (Å²) in [4.78, 5) is 17.2. The molecular formula is C28H22F3N7OS. The van der Waals surface area contributed by atoms with Gasteiger partial charge in [-0.05, 0) is 71.0 Å². The number of carbonyl (C=O) groups excluding carboxylic acids is 1. The summed E-state index contributed by atoms with van der Waals surface area (Å²) in [6.45, 7) is 0. The zero-order valence-electron chi connectivity index (χ0n) is 20.9. The molecule has 3 aromatic carbocycles. The SMILES string of the molecule is O=C(Nc1nn[nH]n1)c1ccc(C(Nc2nc(-c3ccc(C(F)(F)F)cc3)cs2)c2ccc3c(c2)CCC3)cc1. The second kappa shape index (κ2) is 10.5. The maximum atomic E-state index is 13.0. The topological polar surface area (TPSA) is 108 Å². The molecule has 2 aromatic heterocycles. The molecule has 0 bridgehead atoms. The van der Waals surface area contributed by atoms with Gasteiger partial charge in [-0.25, -0.2) is 4.98 Å². The minimum Gasteiger partial charge on any atom is -0.351 e. The van der Waals surface area contributed by atoms with Crippen LogP contribution in [0.1, 0.15) is 50.6 Å². The summed E-state index contributed by atoms with van der Waals surface area (Å²) in [5, 5.41) is 21.7. The fraction of sp³-hybridized carbons (Fsp3) is 0.179. The fourth-order valence-corrected chi connectivity index (χ4v) is 5.52. The number of hydrogen-bond acceptors (Lipinski definition) is 7. The van der Waals surface area contributed by atoms with E-state index in [0.29, 0.717) is 22.0 Å². The summed E-state index contributed by atoms with van der Waals surface area (Å²) in [5.41, 5.74) is 5.57. The van der Waals surface area contributed by atoms with Gasteiger partial charge in [0.05, 0.1) is 17.3 Å². The largest absolute Gasteiger partial charge is 0.416 e. The Morgan fingerprint density at radius 2 is 1.70 bits per heavy atom. The molecule has 1 atom stereocenters. The first kappa shape index (κ1) is 25.7. The van der Waals surface area contributed by atoms with Gasteiger partial charge in [-0.2, -0.15) is 18.4 Å². The number of thiazole rings is 1. The van der Waals surface area contributed by atoms with Crippen LogP contribution in [0, 0.1) is 0 Å². The van der Waals surface area contributed by atoms with Crippen molar-refractivity contribution >= 4 is 28.3 Å². The Labute approximate surface area is 230 Å². The van der Waals surface area contributed by atoms with Crippen molar-refractivity contribution in [3.63, 3.8) is 0 Å². The first-order chi connectivity index (χ1) is 19.3. The van der Waals surface area contributed by atoms with E-state index in [4.69, 9.17) is 0 Å². The number of carbonyl (C=O) groups is 1. The van der Waals surface area contributed by atoms with Gasteiger partial charge in [0.1, 0.15) is 0 Å². The molecule has 1 unspecified atom stereocenters. The first-order valence-electron chi connectivity index (χ1n) is 12.5. The number of rotatable bonds is 7. The van der Waals surface area contributed by atoms with Gasteiger partial charge in [0.25, 0.3) is 11.9 Å². The first-order valence-corrected chi connectivity index (χ1v) is 13.4. The Morgan fingerprint density at radius 1 is 0.950 bits per heavy atom. The molecule has 1 aliphatic carbocycles. The highest BCUT2D eigenvalue weighted by molar-refractivity contribution is 7.14. The summed E-state index contributed by atoms with van der Waals surface area (Å²) in [5.74, 6) is -0.282. The van der Waals surface area contributed by atoms with Crippen molar-refractivity contribution in [1.29, 1.82) is 0 Å². The van der Waals surface area contributed by atoms with Crippen LogP contribution in [0.2, 0.25) is 0 Å². The lowest BCUT2D eigenvalue weighted by Gasteiger charge is -2.21. The molecule has 40 heavy (non-hydrogen) atoms. The Hall–Kier alpha value is -4.58. The van der Waals surface area contributed by atoms with Gasteiger partial charge in [0.2, 0.25) is 0 Å². The Morgan fingerprint density at radius 3 is 2.42 bits per heavy atom. The summed E-state index contributed by atoms with van der Waals surface area (Å²) in [6, 6.07) is 18.4. The maximum Gasteiger partial charge on any atom is 0.416 e. The van der Waals surface area contributed by atoms with E-state index in [9.17, 15) is 18.0 Å². The minimum absolute atomic E-state index is 0.0828. The van der Waals surface area contributed by atoms with Crippen LogP contribution in [0.4, 0.5) is 24.3 Å². The predicted molar refractivity (Wildman–Crippen MR) is 145 cm³/mol. The third kappa shape index (κ3) is 5.43. The van der Waals surface area contributed by atoms with Crippen LogP contribution in [0.25, 0.3) is 11.3 Å². The normalized spacial score (nSPS) is 13.6. The standard InChI is InChI=1S/C28H22F3N7OS/c29-28(30,31)22-12-10-17(11-13-22)23-15-40-27(32-23)33-24(21-9-4-16-2-1-3-20(16)14-21)18-5-7-19(8-6-18)25(39)34-26-35-37-38-36-26/h4-15,24H,1-3H2,(H,32,33)(H2,34,35,36,37,38,39). The van der Waals surface area contributed by atoms with Crippen LogP contribution in [0.3, 0.4) is 0 Å². The van der Waals surface area contributed by atoms with Gasteiger partial charge in [0.15, 0.2) is 5.13 Å². The second-order valence-electron chi connectivity index (χ2n) is 9.38. The van der Waals surface area contributed by atoms with Crippen LogP contribution in [-0.4, -0.2) is 31.5 Å². The van der Waals surface area contributed by atoms with Crippen LogP contribution in [0.5, 0.6) is 0 Å². The number of anilines is 2. The molecule has 3 N–H and O–H groups in total. The van der Waals surface area contributed by atoms with Crippen LogP contribution in [-0.2, 0) is 19.0 Å². The maximum absolute atomic E-state index is 13.0. The number of aromatic amines is 1. The third-order valence-corrected chi connectivity index (χ3v) is 7.59. The number of aromatic nitrogens is 5. The van der Waals surface area contributed by atoms with E-state index in [1.54, 1.807) is 12.1 Å². The molecule has 2 heterocycles. The molecule has 0 saturated heterocycles. The van der Waals surface area contributed by atoms with Gasteiger partial charge < -0.3 is 5.32 Å². The number of benzene rings is 3. The molecule has 0 radical (unpaired) electrons. The molecule has 8 nitrogen and oxygen atoms in total. The van der Waals surface area contributed by atoms with Crippen molar-refractivity contribution in [2.75, 3.05) is 10.6 Å². The van der Waals surface area contributed by atoms with E-state index in [1.165, 1.54) is 34.6 Å². The molecule has 1 amide bonds. The van der Waals surface area contributed by atoms with Crippen molar-refractivity contribution < 1.29 is 18.0 Å². The van der Waals surface area contributed by atoms with Gasteiger partial charge in [-0.15, -0.1) is 16.4 Å². The van der Waals surface area contributed by atoms with Gasteiger partial charge in [-0.1, -0.05) is 47.6 Å². The number of nitrogens with zero attached hydrogens (tertiary/aromatic N) is 4. The molecule has 12 heteroatoms. The number of hydrogen-bond donors (Lipinski definition) is 3. The average Bonchev–Trinajstić information content (AvgIpc) is 3.74. The van der Waals surface area contributed by atoms with Crippen molar-refractivity contribution in [1.82, 2.24) is 25.6 Å². The lowest BCUT2D eigenvalue weighted by atomic mass is 9.95. The fourth-order valence-electron chi connectivity index (χ4n) is 4.77. The van der Waals surface area contributed by atoms with Crippen LogP contribution in [0.15, 0.2) is 72.1 Å². The minimum atomic E-state index is -4.39. The van der Waals surface area contributed by atoms with Crippen molar-refractivity contribution in [2.45, 2.75) is 31.5 Å². The van der Waals surface area contributed by atoms with Gasteiger partial charge in [-0.3, -0.25) is 10.1 Å². The summed E-state index contributed by atoms with van der Waals surface area (Å²) >= 11 is 1.38. The highest BCUT2D eigenvalue weighted by Gasteiger charge is 2.30. The van der Waals surface area contributed by atoms with Gasteiger partial charge in [0, 0.05) is 16.5 Å². The van der Waals surface area contributed by atoms with E-state index >= 15 is 0 Å². The molecule has 5 aromatic rings. The number of alkyl halides is 3. The predicted octanol–water partition coefficient (Wildman–Crippen LogP) is 6.28. The van der Waals surface area contributed by atoms with Gasteiger partial charge >= 0.3 is 6.18 Å². The molecule has 202 valence electrons. The Kier molecular flexibility index (Phi) is 6.76. The highest BCUT2D eigenvalue weighted by Crippen LogP contribution is 2.35. The lowest BCUT2D eigenvalue weighted by Crippen LogP contribution is -2.15. The van der Waals surface area contributed by atoms with E-state index in [1.807, 2.05) is 17.5 Å². The van der Waals surface area contributed by atoms with Crippen molar-refractivity contribution in [3.05, 3.63) is 105 Å². The van der Waals surface area contributed by atoms with Crippen molar-refractivity contribution in [3.8, 4) is 11.3 Å². The Balaban J connectivity index is 1.27. The van der Waals surface area contributed by atoms with E-state index in [2.05, 4.69) is 54.4 Å². The number of nitrogens with one attached hydrogen (secondary N) is 3. The lowest BCUT2D eigenvalue weighted by molar-refractivity contribution is -0.137. The number of tetrazole rings is 1. The van der Waals surface area contributed by atoms with Crippen LogP contribution >= 0.6 is 11.3 Å². The van der Waals surface area contributed by atoms with E-state index < -0.39 is 11.7 Å². The summed E-state index contributed by atoms with van der Waals surface area (Å²) < 4.78 is 38.9. The molecule has 0 fully saturated rings. The number of aryl methyl sites for hydroxylation is 2. The quantitative estimate of drug-likeness (QED) is 0.216. The summed E-state index contributed by atoms with van der Waals surface area (Å²) in [7, 11) is 0. The Bertz CT molecular complexity index is 1630. The molecule has 0 spiro atoms. The molecule has 0 saturated carbocycles. The van der Waals surface area contributed by atoms with Crippen LogP contribution < -0.4 is 10.6 Å². The van der Waals surface area contributed by atoms with E-state index in [0.717, 1.165) is 42.5 Å². The number of fused-ring (bicyclic) bond motifs is 1. The smallest absolute Gasteiger partial charge is 0.351 e. The molecule has 6 rings (SSSR count).